The number of methoxy groups -OCH3 is 2. The molecule has 29 heavy (non-hydrogen) atoms. The molecule has 0 saturated carbocycles. The van der Waals surface area contributed by atoms with E-state index in [1.165, 1.54) is 12.1 Å². The summed E-state index contributed by atoms with van der Waals surface area (Å²) in [6, 6.07) is 15.8. The van der Waals surface area contributed by atoms with Crippen molar-refractivity contribution in [2.45, 2.75) is 13.2 Å². The molecule has 3 rings (SSSR count). The van der Waals surface area contributed by atoms with E-state index >= 15 is 0 Å². The molecule has 0 unspecified atom stereocenters. The van der Waals surface area contributed by atoms with Crippen LogP contribution in [0.2, 0.25) is 5.02 Å². The molecule has 0 aliphatic rings. The van der Waals surface area contributed by atoms with Crippen LogP contribution in [-0.2, 0) is 13.2 Å². The van der Waals surface area contributed by atoms with Gasteiger partial charge in [-0.15, -0.1) is 0 Å². The molecule has 0 aliphatic heterocycles. The fourth-order valence-corrected chi connectivity index (χ4v) is 3.54. The van der Waals surface area contributed by atoms with Gasteiger partial charge in [0.05, 0.1) is 23.7 Å². The molecule has 0 saturated heterocycles. The van der Waals surface area contributed by atoms with Gasteiger partial charge in [0.2, 0.25) is 0 Å². The van der Waals surface area contributed by atoms with Crippen LogP contribution in [0.4, 0.5) is 10.1 Å². The predicted octanol–water partition coefficient (Wildman–Crippen LogP) is 6.45. The highest BCUT2D eigenvalue weighted by Crippen LogP contribution is 2.37. The smallest absolute Gasteiger partial charge is 0.175 e. The molecule has 0 heterocycles. The van der Waals surface area contributed by atoms with E-state index < -0.39 is 0 Å². The molecule has 0 radical (unpaired) electrons. The van der Waals surface area contributed by atoms with Crippen molar-refractivity contribution >= 4 is 33.2 Å². The Kier molecular flexibility index (Phi) is 7.23. The van der Waals surface area contributed by atoms with Gasteiger partial charge < -0.3 is 19.5 Å². The first-order chi connectivity index (χ1) is 14.0. The highest BCUT2D eigenvalue weighted by atomic mass is 79.9. The number of anilines is 1. The van der Waals surface area contributed by atoms with E-state index in [4.69, 9.17) is 25.8 Å². The van der Waals surface area contributed by atoms with Crippen molar-refractivity contribution in [3.63, 3.8) is 0 Å². The van der Waals surface area contributed by atoms with Gasteiger partial charge in [-0.25, -0.2) is 4.39 Å². The van der Waals surface area contributed by atoms with Crippen LogP contribution >= 0.6 is 27.5 Å². The van der Waals surface area contributed by atoms with Crippen molar-refractivity contribution in [3.8, 4) is 17.2 Å². The molecule has 0 spiro atoms. The third-order valence-corrected chi connectivity index (χ3v) is 5.20. The number of benzene rings is 3. The first-order valence-electron chi connectivity index (χ1n) is 8.81. The SMILES string of the molecule is COc1ccc(NCc2cc(Br)c(OCc3ccc(F)cc3Cl)c(OC)c2)cc1. The quantitative estimate of drug-likeness (QED) is 0.402. The molecule has 0 bridgehead atoms. The van der Waals surface area contributed by atoms with Gasteiger partial charge in [0.25, 0.3) is 0 Å². The Hall–Kier alpha value is -2.44. The minimum absolute atomic E-state index is 0.192. The van der Waals surface area contributed by atoms with Crippen LogP contribution in [0.25, 0.3) is 0 Å². The van der Waals surface area contributed by atoms with Crippen molar-refractivity contribution in [2.24, 2.45) is 0 Å². The normalized spacial score (nSPS) is 10.5. The lowest BCUT2D eigenvalue weighted by Gasteiger charge is -2.16. The Morgan fingerprint density at radius 3 is 2.41 bits per heavy atom. The number of hydrogen-bond donors (Lipinski definition) is 1. The van der Waals surface area contributed by atoms with Gasteiger partial charge in [-0.2, -0.15) is 0 Å². The Morgan fingerprint density at radius 2 is 1.76 bits per heavy atom. The maximum absolute atomic E-state index is 13.2. The summed E-state index contributed by atoms with van der Waals surface area (Å²) in [5.74, 6) is 1.57. The Morgan fingerprint density at radius 1 is 1.00 bits per heavy atom. The van der Waals surface area contributed by atoms with Crippen molar-refractivity contribution in [2.75, 3.05) is 19.5 Å². The summed E-state index contributed by atoms with van der Waals surface area (Å²) < 4.78 is 30.5. The van der Waals surface area contributed by atoms with Crippen molar-refractivity contribution in [3.05, 3.63) is 81.0 Å². The average molecular weight is 481 g/mol. The fraction of sp³-hybridized carbons (Fsp3) is 0.182. The molecule has 0 atom stereocenters. The monoisotopic (exact) mass is 479 g/mol. The number of halogens is 3. The first-order valence-corrected chi connectivity index (χ1v) is 9.98. The predicted molar refractivity (Wildman–Crippen MR) is 117 cm³/mol. The summed E-state index contributed by atoms with van der Waals surface area (Å²) in [5, 5.41) is 3.67. The van der Waals surface area contributed by atoms with Gasteiger partial charge in [0, 0.05) is 17.8 Å². The lowest BCUT2D eigenvalue weighted by atomic mass is 10.2. The van der Waals surface area contributed by atoms with Gasteiger partial charge >= 0.3 is 0 Å². The lowest BCUT2D eigenvalue weighted by molar-refractivity contribution is 0.282. The van der Waals surface area contributed by atoms with Crippen LogP contribution < -0.4 is 19.5 Å². The van der Waals surface area contributed by atoms with E-state index in [0.717, 1.165) is 21.5 Å². The lowest BCUT2D eigenvalue weighted by Crippen LogP contribution is -2.03. The van der Waals surface area contributed by atoms with Crippen LogP contribution in [-0.4, -0.2) is 14.2 Å². The average Bonchev–Trinajstić information content (AvgIpc) is 2.72. The minimum Gasteiger partial charge on any atom is -0.497 e. The summed E-state index contributed by atoms with van der Waals surface area (Å²) in [6.07, 6.45) is 0. The fourth-order valence-electron chi connectivity index (χ4n) is 2.72. The standard InChI is InChI=1S/C22H20BrClFNO3/c1-27-18-7-5-17(6-8-18)26-12-14-9-19(23)22(21(10-14)28-2)29-13-15-3-4-16(25)11-20(15)24/h3-11,26H,12-13H2,1-2H3. The molecule has 3 aromatic rings. The Bertz CT molecular complexity index is 983. The molecule has 152 valence electrons. The third kappa shape index (κ3) is 5.55. The van der Waals surface area contributed by atoms with Crippen LogP contribution in [0.3, 0.4) is 0 Å². The molecule has 0 aliphatic carbocycles. The molecule has 4 nitrogen and oxygen atoms in total. The summed E-state index contributed by atoms with van der Waals surface area (Å²) in [5.41, 5.74) is 2.68. The Labute approximate surface area is 182 Å². The van der Waals surface area contributed by atoms with Gasteiger partial charge in [0.15, 0.2) is 11.5 Å². The van der Waals surface area contributed by atoms with E-state index in [-0.39, 0.29) is 12.4 Å². The van der Waals surface area contributed by atoms with Gasteiger partial charge in [-0.05, 0) is 70.0 Å². The number of rotatable bonds is 8. The van der Waals surface area contributed by atoms with Gasteiger partial charge in [-0.1, -0.05) is 17.7 Å². The van der Waals surface area contributed by atoms with Gasteiger partial charge in [-0.3, -0.25) is 0 Å². The molecule has 3 aromatic carbocycles. The molecule has 0 fully saturated rings. The van der Waals surface area contributed by atoms with Crippen LogP contribution in [0, 0.1) is 5.82 Å². The topological polar surface area (TPSA) is 39.7 Å². The maximum atomic E-state index is 13.2. The summed E-state index contributed by atoms with van der Waals surface area (Å²) in [4.78, 5) is 0. The highest BCUT2D eigenvalue weighted by molar-refractivity contribution is 9.10. The van der Waals surface area contributed by atoms with E-state index in [2.05, 4.69) is 21.2 Å². The number of ether oxygens (including phenoxy) is 3. The van der Waals surface area contributed by atoms with E-state index in [1.54, 1.807) is 20.3 Å². The maximum Gasteiger partial charge on any atom is 0.175 e. The summed E-state index contributed by atoms with van der Waals surface area (Å²) in [7, 11) is 3.22. The molecular formula is C22H20BrClFNO3. The largest absolute Gasteiger partial charge is 0.497 e. The van der Waals surface area contributed by atoms with E-state index in [1.807, 2.05) is 36.4 Å². The third-order valence-electron chi connectivity index (χ3n) is 4.26. The second-order valence-corrected chi connectivity index (χ2v) is 7.48. The number of nitrogens with one attached hydrogen (secondary N) is 1. The second kappa shape index (κ2) is 9.85. The van der Waals surface area contributed by atoms with Crippen molar-refractivity contribution < 1.29 is 18.6 Å². The van der Waals surface area contributed by atoms with Crippen LogP contribution in [0.15, 0.2) is 59.1 Å². The second-order valence-electron chi connectivity index (χ2n) is 6.22. The van der Waals surface area contributed by atoms with Crippen molar-refractivity contribution in [1.29, 1.82) is 0 Å². The summed E-state index contributed by atoms with van der Waals surface area (Å²) >= 11 is 9.62. The highest BCUT2D eigenvalue weighted by Gasteiger charge is 2.13. The van der Waals surface area contributed by atoms with Crippen LogP contribution in [0.5, 0.6) is 17.2 Å². The first kappa shape index (κ1) is 21.3. The molecular weight excluding hydrogens is 461 g/mol. The molecule has 1 N–H and O–H groups in total. The molecule has 0 amide bonds. The molecule has 0 aromatic heterocycles. The minimum atomic E-state index is -0.383. The zero-order chi connectivity index (χ0) is 20.8. The van der Waals surface area contributed by atoms with E-state index in [0.29, 0.717) is 28.6 Å². The zero-order valence-corrected chi connectivity index (χ0v) is 18.3. The zero-order valence-electron chi connectivity index (χ0n) is 16.0. The van der Waals surface area contributed by atoms with Crippen LogP contribution in [0.1, 0.15) is 11.1 Å². The van der Waals surface area contributed by atoms with Crippen molar-refractivity contribution in [1.82, 2.24) is 0 Å². The summed E-state index contributed by atoms with van der Waals surface area (Å²) in [6.45, 7) is 0.795. The van der Waals surface area contributed by atoms with Gasteiger partial charge in [0.1, 0.15) is 18.2 Å². The molecule has 7 heteroatoms. The Balaban J connectivity index is 1.70. The number of hydrogen-bond acceptors (Lipinski definition) is 4. The van der Waals surface area contributed by atoms with E-state index in [9.17, 15) is 4.39 Å².